The van der Waals surface area contributed by atoms with Crippen molar-refractivity contribution in [2.75, 3.05) is 6.61 Å². The van der Waals surface area contributed by atoms with E-state index in [0.29, 0.717) is 12.4 Å². The normalized spacial score (nSPS) is 10.1. The van der Waals surface area contributed by atoms with Crippen LogP contribution in [0.15, 0.2) is 36.7 Å². The zero-order valence-corrected chi connectivity index (χ0v) is 10.9. The Morgan fingerprint density at radius 1 is 1.15 bits per heavy atom. The summed E-state index contributed by atoms with van der Waals surface area (Å²) in [6.07, 6.45) is 3.61. The number of carboxylic acids is 1. The van der Waals surface area contributed by atoms with Crippen LogP contribution >= 0.6 is 0 Å². The van der Waals surface area contributed by atoms with Crippen molar-refractivity contribution < 1.29 is 19.4 Å². The number of benzene rings is 1. The lowest BCUT2D eigenvalue weighted by Gasteiger charge is -2.08. The molecule has 0 aliphatic carbocycles. The summed E-state index contributed by atoms with van der Waals surface area (Å²) in [5.74, 6) is -0.0214. The molecule has 104 valence electrons. The molecule has 1 aromatic heterocycles. The third-order valence-electron chi connectivity index (χ3n) is 2.38. The highest BCUT2D eigenvalue weighted by Crippen LogP contribution is 2.24. The highest BCUT2D eigenvalue weighted by atomic mass is 16.5. The van der Waals surface area contributed by atoms with Crippen LogP contribution in [0.3, 0.4) is 0 Å². The summed E-state index contributed by atoms with van der Waals surface area (Å²) in [5.41, 5.74) is -0.223. The molecule has 0 saturated heterocycles. The lowest BCUT2D eigenvalue weighted by atomic mass is 10.3. The van der Waals surface area contributed by atoms with E-state index in [0.717, 1.165) is 12.2 Å². The second-order valence-corrected chi connectivity index (χ2v) is 3.94. The SMILES string of the molecule is CCCOc1ccc(Oc2nccnc2C(=O)O)cc1. The third-order valence-corrected chi connectivity index (χ3v) is 2.38. The topological polar surface area (TPSA) is 81.5 Å². The van der Waals surface area contributed by atoms with E-state index in [1.807, 2.05) is 6.92 Å². The van der Waals surface area contributed by atoms with Gasteiger partial charge in [-0.05, 0) is 30.7 Å². The van der Waals surface area contributed by atoms with E-state index in [1.165, 1.54) is 12.4 Å². The van der Waals surface area contributed by atoms with Gasteiger partial charge >= 0.3 is 5.97 Å². The van der Waals surface area contributed by atoms with Gasteiger partial charge in [-0.1, -0.05) is 6.92 Å². The van der Waals surface area contributed by atoms with Gasteiger partial charge in [-0.25, -0.2) is 14.8 Å². The molecule has 0 radical (unpaired) electrons. The van der Waals surface area contributed by atoms with Gasteiger partial charge in [-0.2, -0.15) is 0 Å². The highest BCUT2D eigenvalue weighted by molar-refractivity contribution is 5.87. The molecule has 0 spiro atoms. The van der Waals surface area contributed by atoms with Crippen molar-refractivity contribution in [2.45, 2.75) is 13.3 Å². The Hall–Kier alpha value is -2.63. The lowest BCUT2D eigenvalue weighted by Crippen LogP contribution is -2.04. The van der Waals surface area contributed by atoms with Gasteiger partial charge in [-0.15, -0.1) is 0 Å². The zero-order chi connectivity index (χ0) is 14.4. The minimum atomic E-state index is -1.18. The predicted molar refractivity (Wildman–Crippen MR) is 71.3 cm³/mol. The summed E-state index contributed by atoms with van der Waals surface area (Å²) in [4.78, 5) is 18.6. The van der Waals surface area contributed by atoms with E-state index < -0.39 is 5.97 Å². The largest absolute Gasteiger partial charge is 0.494 e. The second-order valence-electron chi connectivity index (χ2n) is 3.94. The maximum absolute atomic E-state index is 11.0. The first-order valence-corrected chi connectivity index (χ1v) is 6.15. The number of aromatic carboxylic acids is 1. The number of hydrogen-bond acceptors (Lipinski definition) is 5. The molecule has 0 aliphatic rings. The molecule has 2 aromatic rings. The van der Waals surface area contributed by atoms with Crippen LogP contribution in [0.25, 0.3) is 0 Å². The number of nitrogens with zero attached hydrogens (tertiary/aromatic N) is 2. The molecule has 0 amide bonds. The monoisotopic (exact) mass is 274 g/mol. The molecule has 0 aliphatic heterocycles. The predicted octanol–water partition coefficient (Wildman–Crippen LogP) is 2.76. The van der Waals surface area contributed by atoms with E-state index in [-0.39, 0.29) is 11.6 Å². The van der Waals surface area contributed by atoms with Crippen molar-refractivity contribution in [3.05, 3.63) is 42.4 Å². The van der Waals surface area contributed by atoms with Gasteiger partial charge in [0, 0.05) is 12.4 Å². The van der Waals surface area contributed by atoms with E-state index in [1.54, 1.807) is 24.3 Å². The smallest absolute Gasteiger partial charge is 0.360 e. The van der Waals surface area contributed by atoms with Crippen molar-refractivity contribution >= 4 is 5.97 Å². The first kappa shape index (κ1) is 13.8. The molecule has 1 aromatic carbocycles. The lowest BCUT2D eigenvalue weighted by molar-refractivity contribution is 0.0686. The molecule has 6 heteroatoms. The zero-order valence-electron chi connectivity index (χ0n) is 10.9. The average Bonchev–Trinajstić information content (AvgIpc) is 2.47. The molecule has 6 nitrogen and oxygen atoms in total. The van der Waals surface area contributed by atoms with E-state index >= 15 is 0 Å². The Labute approximate surface area is 116 Å². The summed E-state index contributed by atoms with van der Waals surface area (Å²) in [5, 5.41) is 8.98. The number of aromatic nitrogens is 2. The van der Waals surface area contributed by atoms with E-state index in [9.17, 15) is 4.79 Å². The molecule has 0 unspecified atom stereocenters. The molecule has 1 N–H and O–H groups in total. The Bertz CT molecular complexity index is 584. The Morgan fingerprint density at radius 3 is 2.45 bits per heavy atom. The minimum Gasteiger partial charge on any atom is -0.494 e. The van der Waals surface area contributed by atoms with Crippen LogP contribution in [0.2, 0.25) is 0 Å². The van der Waals surface area contributed by atoms with Gasteiger partial charge in [0.25, 0.3) is 5.88 Å². The van der Waals surface area contributed by atoms with Crippen molar-refractivity contribution in [1.29, 1.82) is 0 Å². The van der Waals surface area contributed by atoms with Crippen molar-refractivity contribution in [2.24, 2.45) is 0 Å². The maximum Gasteiger partial charge on any atom is 0.360 e. The van der Waals surface area contributed by atoms with Crippen LogP contribution < -0.4 is 9.47 Å². The van der Waals surface area contributed by atoms with Crippen molar-refractivity contribution in [1.82, 2.24) is 9.97 Å². The fourth-order valence-electron chi connectivity index (χ4n) is 1.48. The number of carboxylic acid groups (broad SMARTS) is 1. The molecule has 1 heterocycles. The Morgan fingerprint density at radius 2 is 1.80 bits per heavy atom. The fourth-order valence-corrected chi connectivity index (χ4v) is 1.48. The number of rotatable bonds is 6. The van der Waals surface area contributed by atoms with Crippen molar-refractivity contribution in [3.63, 3.8) is 0 Å². The molecule has 2 rings (SSSR count). The molecule has 0 saturated carbocycles. The van der Waals surface area contributed by atoms with Crippen LogP contribution in [0.5, 0.6) is 17.4 Å². The third kappa shape index (κ3) is 3.44. The molecule has 0 fully saturated rings. The maximum atomic E-state index is 11.0. The van der Waals surface area contributed by atoms with Gasteiger partial charge < -0.3 is 14.6 Å². The molecular formula is C14H14N2O4. The van der Waals surface area contributed by atoms with Crippen molar-refractivity contribution in [3.8, 4) is 17.4 Å². The Balaban J connectivity index is 2.12. The van der Waals surface area contributed by atoms with Gasteiger partial charge in [-0.3, -0.25) is 0 Å². The van der Waals surface area contributed by atoms with E-state index in [2.05, 4.69) is 9.97 Å². The van der Waals surface area contributed by atoms with Crippen LogP contribution in [0.4, 0.5) is 0 Å². The van der Waals surface area contributed by atoms with Crippen LogP contribution in [-0.2, 0) is 0 Å². The van der Waals surface area contributed by atoms with Crippen LogP contribution in [-0.4, -0.2) is 27.7 Å². The standard InChI is InChI=1S/C14H14N2O4/c1-2-9-19-10-3-5-11(6-4-10)20-13-12(14(17)18)15-7-8-16-13/h3-8H,2,9H2,1H3,(H,17,18). The van der Waals surface area contributed by atoms with Crippen LogP contribution in [0.1, 0.15) is 23.8 Å². The molecule has 20 heavy (non-hydrogen) atoms. The summed E-state index contributed by atoms with van der Waals surface area (Å²) >= 11 is 0. The summed E-state index contributed by atoms with van der Waals surface area (Å²) in [7, 11) is 0. The summed E-state index contributed by atoms with van der Waals surface area (Å²) in [6, 6.07) is 6.88. The van der Waals surface area contributed by atoms with Crippen LogP contribution in [0, 0.1) is 0 Å². The fraction of sp³-hybridized carbons (Fsp3) is 0.214. The average molecular weight is 274 g/mol. The summed E-state index contributed by atoms with van der Waals surface area (Å²) < 4.78 is 10.9. The quantitative estimate of drug-likeness (QED) is 0.872. The highest BCUT2D eigenvalue weighted by Gasteiger charge is 2.14. The van der Waals surface area contributed by atoms with Gasteiger partial charge in [0.2, 0.25) is 5.69 Å². The molecular weight excluding hydrogens is 260 g/mol. The van der Waals surface area contributed by atoms with Gasteiger partial charge in [0.1, 0.15) is 11.5 Å². The first-order valence-electron chi connectivity index (χ1n) is 6.15. The van der Waals surface area contributed by atoms with E-state index in [4.69, 9.17) is 14.6 Å². The Kier molecular flexibility index (Phi) is 4.49. The minimum absolute atomic E-state index is 0.0396. The second kappa shape index (κ2) is 6.51. The number of hydrogen-bond donors (Lipinski definition) is 1. The first-order chi connectivity index (χ1) is 9.70. The number of ether oxygens (including phenoxy) is 2. The number of carbonyl (C=O) groups is 1. The van der Waals surface area contributed by atoms with Gasteiger partial charge in [0.15, 0.2) is 0 Å². The summed E-state index contributed by atoms with van der Waals surface area (Å²) in [6.45, 7) is 2.67. The van der Waals surface area contributed by atoms with Gasteiger partial charge in [0.05, 0.1) is 6.61 Å². The molecule has 0 bridgehead atoms. The molecule has 0 atom stereocenters.